The Labute approximate surface area is 96.5 Å². The summed E-state index contributed by atoms with van der Waals surface area (Å²) in [7, 11) is -3.70. The van der Waals surface area contributed by atoms with E-state index >= 15 is 0 Å². The van der Waals surface area contributed by atoms with E-state index in [9.17, 15) is 8.42 Å². The number of sulfonamides is 1. The molecule has 0 aliphatic carbocycles. The third-order valence-electron chi connectivity index (χ3n) is 2.16. The van der Waals surface area contributed by atoms with Gasteiger partial charge in [-0.3, -0.25) is 0 Å². The van der Waals surface area contributed by atoms with E-state index in [1.54, 1.807) is 18.2 Å². The molecule has 4 nitrogen and oxygen atoms in total. The van der Waals surface area contributed by atoms with Crippen molar-refractivity contribution in [2.24, 2.45) is 5.14 Å². The molecule has 2 N–H and O–H groups in total. The molecule has 5 heteroatoms. The van der Waals surface area contributed by atoms with Gasteiger partial charge in [0.05, 0.1) is 6.61 Å². The zero-order valence-corrected chi connectivity index (χ0v) is 10.2. The fraction of sp³-hybridized carbons (Fsp3) is 0.455. The van der Waals surface area contributed by atoms with Crippen molar-refractivity contribution in [3.63, 3.8) is 0 Å². The summed E-state index contributed by atoms with van der Waals surface area (Å²) >= 11 is 0. The van der Waals surface area contributed by atoms with Crippen molar-refractivity contribution in [3.05, 3.63) is 24.3 Å². The van der Waals surface area contributed by atoms with Gasteiger partial charge >= 0.3 is 0 Å². The fourth-order valence-electron chi connectivity index (χ4n) is 1.34. The SMILES string of the molecule is CCCCCOc1ccccc1S(N)(=O)=O. The first-order valence-electron chi connectivity index (χ1n) is 5.30. The van der Waals surface area contributed by atoms with Gasteiger partial charge in [-0.2, -0.15) is 0 Å². The number of primary sulfonamides is 1. The number of ether oxygens (including phenoxy) is 1. The molecule has 0 aromatic heterocycles. The topological polar surface area (TPSA) is 69.4 Å². The standard InChI is InChI=1S/C11H17NO3S/c1-2-3-6-9-15-10-7-4-5-8-11(10)16(12,13)14/h4-5,7-8H,2-3,6,9H2,1H3,(H2,12,13,14). The molecule has 0 radical (unpaired) electrons. The van der Waals surface area contributed by atoms with E-state index in [-0.39, 0.29) is 4.90 Å². The second-order valence-corrected chi connectivity index (χ2v) is 5.08. The molecule has 0 spiro atoms. The van der Waals surface area contributed by atoms with Crippen LogP contribution in [0.4, 0.5) is 0 Å². The lowest BCUT2D eigenvalue weighted by molar-refractivity contribution is 0.298. The minimum atomic E-state index is -3.70. The van der Waals surface area contributed by atoms with E-state index in [4.69, 9.17) is 9.88 Å². The van der Waals surface area contributed by atoms with Crippen molar-refractivity contribution >= 4 is 10.0 Å². The molecule has 90 valence electrons. The summed E-state index contributed by atoms with van der Waals surface area (Å²) in [5.41, 5.74) is 0. The summed E-state index contributed by atoms with van der Waals surface area (Å²) in [5.74, 6) is 0.334. The molecule has 0 heterocycles. The van der Waals surface area contributed by atoms with Crippen LogP contribution in [-0.4, -0.2) is 15.0 Å². The average molecular weight is 243 g/mol. The molecule has 0 unspecified atom stereocenters. The van der Waals surface area contributed by atoms with Crippen LogP contribution in [0.15, 0.2) is 29.2 Å². The Morgan fingerprint density at radius 3 is 2.56 bits per heavy atom. The first-order chi connectivity index (χ1) is 7.55. The maximum atomic E-state index is 11.2. The summed E-state index contributed by atoms with van der Waals surface area (Å²) in [6, 6.07) is 6.42. The normalized spacial score (nSPS) is 11.4. The smallest absolute Gasteiger partial charge is 0.241 e. The quantitative estimate of drug-likeness (QED) is 0.776. The Balaban J connectivity index is 2.73. The predicted octanol–water partition coefficient (Wildman–Crippen LogP) is 1.90. The monoisotopic (exact) mass is 243 g/mol. The summed E-state index contributed by atoms with van der Waals surface area (Å²) in [6.45, 7) is 2.61. The molecule has 16 heavy (non-hydrogen) atoms. The Morgan fingerprint density at radius 1 is 1.25 bits per heavy atom. The van der Waals surface area contributed by atoms with Gasteiger partial charge in [-0.1, -0.05) is 31.9 Å². The number of unbranched alkanes of at least 4 members (excludes halogenated alkanes) is 2. The first-order valence-corrected chi connectivity index (χ1v) is 6.85. The highest BCUT2D eigenvalue weighted by molar-refractivity contribution is 7.89. The number of para-hydroxylation sites is 1. The van der Waals surface area contributed by atoms with Crippen molar-refractivity contribution in [2.75, 3.05) is 6.61 Å². The molecule has 0 fully saturated rings. The molecule has 1 rings (SSSR count). The minimum Gasteiger partial charge on any atom is -0.492 e. The fourth-order valence-corrected chi connectivity index (χ4v) is 2.01. The van der Waals surface area contributed by atoms with Gasteiger partial charge in [0, 0.05) is 0 Å². The number of nitrogens with two attached hydrogens (primary N) is 1. The third kappa shape index (κ3) is 3.83. The molecule has 0 saturated heterocycles. The van der Waals surface area contributed by atoms with Crippen molar-refractivity contribution in [1.82, 2.24) is 0 Å². The molecule has 0 aliphatic heterocycles. The van der Waals surface area contributed by atoms with Gasteiger partial charge in [-0.15, -0.1) is 0 Å². The van der Waals surface area contributed by atoms with Crippen LogP contribution in [0.5, 0.6) is 5.75 Å². The molecule has 1 aromatic carbocycles. The second-order valence-electron chi connectivity index (χ2n) is 3.55. The molecule has 0 amide bonds. The van der Waals surface area contributed by atoms with Crippen LogP contribution in [0.25, 0.3) is 0 Å². The maximum Gasteiger partial charge on any atom is 0.241 e. The highest BCUT2D eigenvalue weighted by atomic mass is 32.2. The molecular formula is C11H17NO3S. The number of hydrogen-bond donors (Lipinski definition) is 1. The highest BCUT2D eigenvalue weighted by Gasteiger charge is 2.13. The summed E-state index contributed by atoms with van der Waals surface area (Å²) in [6.07, 6.45) is 3.08. The zero-order valence-electron chi connectivity index (χ0n) is 9.35. The van der Waals surface area contributed by atoms with Crippen molar-refractivity contribution in [1.29, 1.82) is 0 Å². The second kappa shape index (κ2) is 5.86. The molecular weight excluding hydrogens is 226 g/mol. The Morgan fingerprint density at radius 2 is 1.94 bits per heavy atom. The van der Waals surface area contributed by atoms with E-state index in [0.29, 0.717) is 12.4 Å². The van der Waals surface area contributed by atoms with Crippen LogP contribution in [0.1, 0.15) is 26.2 Å². The van der Waals surface area contributed by atoms with Crippen molar-refractivity contribution in [2.45, 2.75) is 31.1 Å². The lowest BCUT2D eigenvalue weighted by Gasteiger charge is -2.09. The third-order valence-corrected chi connectivity index (χ3v) is 3.11. The van der Waals surface area contributed by atoms with E-state index in [2.05, 4.69) is 6.92 Å². The Hall–Kier alpha value is -1.07. The van der Waals surface area contributed by atoms with Gasteiger partial charge in [0.1, 0.15) is 10.6 Å². The first kappa shape index (κ1) is 13.0. The van der Waals surface area contributed by atoms with E-state index in [1.807, 2.05) is 0 Å². The number of benzene rings is 1. The largest absolute Gasteiger partial charge is 0.492 e. The molecule has 0 atom stereocenters. The van der Waals surface area contributed by atoms with E-state index in [1.165, 1.54) is 6.07 Å². The van der Waals surface area contributed by atoms with E-state index < -0.39 is 10.0 Å². The number of hydrogen-bond acceptors (Lipinski definition) is 3. The molecule has 1 aromatic rings. The van der Waals surface area contributed by atoms with Crippen molar-refractivity contribution < 1.29 is 13.2 Å². The van der Waals surface area contributed by atoms with Gasteiger partial charge < -0.3 is 4.74 Å². The van der Waals surface area contributed by atoms with Gasteiger partial charge in [0.2, 0.25) is 10.0 Å². The maximum absolute atomic E-state index is 11.2. The predicted molar refractivity (Wildman–Crippen MR) is 62.8 cm³/mol. The lowest BCUT2D eigenvalue weighted by atomic mass is 10.3. The molecule has 0 aliphatic rings. The molecule has 0 bridgehead atoms. The minimum absolute atomic E-state index is 0.0477. The summed E-state index contributed by atoms with van der Waals surface area (Å²) in [4.78, 5) is 0.0477. The van der Waals surface area contributed by atoms with Crippen LogP contribution >= 0.6 is 0 Å². The molecule has 0 saturated carbocycles. The van der Waals surface area contributed by atoms with Crippen LogP contribution in [0.3, 0.4) is 0 Å². The number of rotatable bonds is 6. The van der Waals surface area contributed by atoms with Gasteiger partial charge in [0.15, 0.2) is 0 Å². The van der Waals surface area contributed by atoms with Crippen molar-refractivity contribution in [3.8, 4) is 5.75 Å². The van der Waals surface area contributed by atoms with Crippen LogP contribution in [0, 0.1) is 0 Å². The van der Waals surface area contributed by atoms with E-state index in [0.717, 1.165) is 19.3 Å². The lowest BCUT2D eigenvalue weighted by Crippen LogP contribution is -2.14. The highest BCUT2D eigenvalue weighted by Crippen LogP contribution is 2.22. The van der Waals surface area contributed by atoms with Crippen LogP contribution in [-0.2, 0) is 10.0 Å². The summed E-state index contributed by atoms with van der Waals surface area (Å²) < 4.78 is 27.9. The zero-order chi connectivity index (χ0) is 12.0. The van der Waals surface area contributed by atoms with Crippen LogP contribution < -0.4 is 9.88 Å². The average Bonchev–Trinajstić information content (AvgIpc) is 2.24. The van der Waals surface area contributed by atoms with Gasteiger partial charge in [-0.05, 0) is 18.6 Å². The Kier molecular flexibility index (Phi) is 4.76. The van der Waals surface area contributed by atoms with Gasteiger partial charge in [0.25, 0.3) is 0 Å². The van der Waals surface area contributed by atoms with Gasteiger partial charge in [-0.25, -0.2) is 13.6 Å². The van der Waals surface area contributed by atoms with Crippen LogP contribution in [0.2, 0.25) is 0 Å². The summed E-state index contributed by atoms with van der Waals surface area (Å²) in [5, 5.41) is 5.08. The Bertz CT molecular complexity index is 429.